The smallest absolute Gasteiger partial charge is 0.407 e. The second kappa shape index (κ2) is 12.4. The van der Waals surface area contributed by atoms with Gasteiger partial charge in [-0.15, -0.1) is 0 Å². The van der Waals surface area contributed by atoms with Gasteiger partial charge in [0.1, 0.15) is 17.0 Å². The van der Waals surface area contributed by atoms with E-state index in [2.05, 4.69) is 44.6 Å². The van der Waals surface area contributed by atoms with Crippen LogP contribution in [-0.2, 0) is 28.9 Å². The summed E-state index contributed by atoms with van der Waals surface area (Å²) in [6.07, 6.45) is 2.58. The van der Waals surface area contributed by atoms with E-state index in [9.17, 15) is 9.59 Å². The van der Waals surface area contributed by atoms with E-state index in [0.717, 1.165) is 43.0 Å². The predicted octanol–water partition coefficient (Wildman–Crippen LogP) is 3.64. The number of aromatic nitrogens is 4. The number of esters is 1. The van der Waals surface area contributed by atoms with Gasteiger partial charge in [-0.05, 0) is 77.4 Å². The first-order valence-corrected chi connectivity index (χ1v) is 14.5. The summed E-state index contributed by atoms with van der Waals surface area (Å²) in [5.41, 5.74) is 4.94. The lowest BCUT2D eigenvalue weighted by molar-refractivity contribution is 0.0510. The standard InChI is InChI=1S/C30H40N8O4/c1-6-41-27(39)26-23-12-7-20-19-32-28(33-21-8-10-22(11-9-21)37-17-15-36(5)16-18-37)34-24(20)25(23)35-38(26)14-13-31-29(40)42-30(2,3)4/h8-11,19H,6-7,12-18H2,1-5H3,(H,31,40)(H,32,33,34). The van der Waals surface area contributed by atoms with Crippen molar-refractivity contribution >= 4 is 29.4 Å². The molecule has 0 unspecified atom stereocenters. The lowest BCUT2D eigenvalue weighted by Crippen LogP contribution is -2.44. The minimum absolute atomic E-state index is 0.232. The number of amides is 1. The normalized spacial score (nSPS) is 15.0. The molecule has 1 aliphatic heterocycles. The van der Waals surface area contributed by atoms with E-state index in [0.29, 0.717) is 35.9 Å². The van der Waals surface area contributed by atoms with Crippen LogP contribution in [0.2, 0.25) is 0 Å². The number of fused-ring (bicyclic) bond motifs is 3. The molecule has 0 spiro atoms. The fourth-order valence-corrected chi connectivity index (χ4v) is 5.16. The Bertz CT molecular complexity index is 1420. The first-order valence-electron chi connectivity index (χ1n) is 14.5. The van der Waals surface area contributed by atoms with Crippen LogP contribution in [0.5, 0.6) is 0 Å². The number of benzene rings is 1. The summed E-state index contributed by atoms with van der Waals surface area (Å²) < 4.78 is 12.3. The molecule has 1 amide bonds. The number of likely N-dealkylation sites (N-methyl/N-ethyl adjacent to an activating group) is 1. The van der Waals surface area contributed by atoms with Gasteiger partial charge in [0, 0.05) is 55.9 Å². The van der Waals surface area contributed by atoms with Crippen molar-refractivity contribution in [1.82, 2.24) is 30.0 Å². The van der Waals surface area contributed by atoms with E-state index in [4.69, 9.17) is 19.6 Å². The zero-order valence-corrected chi connectivity index (χ0v) is 25.1. The second-order valence-corrected chi connectivity index (χ2v) is 11.6. The Kier molecular flexibility index (Phi) is 8.62. The van der Waals surface area contributed by atoms with Gasteiger partial charge in [0.2, 0.25) is 5.95 Å². The SMILES string of the molecule is CCOC(=O)c1c2c(nn1CCNC(=O)OC(C)(C)C)-c1nc(Nc3ccc(N4CCN(C)CC4)cc3)ncc1CC2. The molecule has 3 heterocycles. The number of aryl methyl sites for hydroxylation is 1. The highest BCUT2D eigenvalue weighted by Gasteiger charge is 2.30. The van der Waals surface area contributed by atoms with E-state index in [1.807, 2.05) is 18.3 Å². The highest BCUT2D eigenvalue weighted by atomic mass is 16.6. The molecule has 2 aromatic heterocycles. The number of carbonyl (C=O) groups excluding carboxylic acids is 2. The molecular formula is C30H40N8O4. The Hall–Kier alpha value is -4.19. The van der Waals surface area contributed by atoms with Crippen LogP contribution >= 0.6 is 0 Å². The zero-order chi connectivity index (χ0) is 29.9. The third kappa shape index (κ3) is 6.81. The van der Waals surface area contributed by atoms with Crippen LogP contribution in [0.4, 0.5) is 22.1 Å². The molecule has 0 saturated carbocycles. The van der Waals surface area contributed by atoms with E-state index in [1.165, 1.54) is 5.69 Å². The number of ether oxygens (including phenoxy) is 2. The van der Waals surface area contributed by atoms with Crippen LogP contribution in [0.1, 0.15) is 49.3 Å². The fraction of sp³-hybridized carbons (Fsp3) is 0.500. The van der Waals surface area contributed by atoms with Crippen LogP contribution in [-0.4, -0.2) is 88.7 Å². The molecule has 12 heteroatoms. The molecule has 12 nitrogen and oxygen atoms in total. The predicted molar refractivity (Wildman–Crippen MR) is 160 cm³/mol. The van der Waals surface area contributed by atoms with Crippen molar-refractivity contribution in [3.05, 3.63) is 47.3 Å². The minimum Gasteiger partial charge on any atom is -0.461 e. The highest BCUT2D eigenvalue weighted by molar-refractivity contribution is 5.92. The van der Waals surface area contributed by atoms with Gasteiger partial charge >= 0.3 is 12.1 Å². The number of hydrogen-bond acceptors (Lipinski definition) is 10. The highest BCUT2D eigenvalue weighted by Crippen LogP contribution is 2.34. The fourth-order valence-electron chi connectivity index (χ4n) is 5.16. The number of nitrogens with zero attached hydrogens (tertiary/aromatic N) is 6. The lowest BCUT2D eigenvalue weighted by atomic mass is 9.93. The third-order valence-corrected chi connectivity index (χ3v) is 7.24. The number of hydrogen-bond donors (Lipinski definition) is 2. The quantitative estimate of drug-likeness (QED) is 0.384. The Morgan fingerprint density at radius 2 is 1.76 bits per heavy atom. The van der Waals surface area contributed by atoms with Gasteiger partial charge in [0.15, 0.2) is 0 Å². The molecule has 1 saturated heterocycles. The van der Waals surface area contributed by atoms with Crippen molar-refractivity contribution in [2.75, 3.05) is 56.6 Å². The molecule has 3 aromatic rings. The average Bonchev–Trinajstić information content (AvgIpc) is 3.32. The molecule has 5 rings (SSSR count). The molecule has 2 N–H and O–H groups in total. The summed E-state index contributed by atoms with van der Waals surface area (Å²) in [5, 5.41) is 10.8. The molecule has 0 radical (unpaired) electrons. The topological polar surface area (TPSA) is 127 Å². The van der Waals surface area contributed by atoms with Crippen molar-refractivity contribution in [3.8, 4) is 11.4 Å². The maximum absolute atomic E-state index is 13.0. The van der Waals surface area contributed by atoms with Crippen molar-refractivity contribution < 1.29 is 19.1 Å². The van der Waals surface area contributed by atoms with Crippen molar-refractivity contribution in [3.63, 3.8) is 0 Å². The number of piperazine rings is 1. The molecule has 2 aliphatic rings. The minimum atomic E-state index is -0.604. The number of nitrogens with one attached hydrogen (secondary N) is 2. The van der Waals surface area contributed by atoms with Gasteiger partial charge in [0.25, 0.3) is 0 Å². The molecule has 0 bridgehead atoms. The van der Waals surface area contributed by atoms with Gasteiger partial charge in [0.05, 0.1) is 18.8 Å². The van der Waals surface area contributed by atoms with Gasteiger partial charge in [-0.3, -0.25) is 4.68 Å². The van der Waals surface area contributed by atoms with Crippen LogP contribution < -0.4 is 15.5 Å². The average molecular weight is 577 g/mol. The number of carbonyl (C=O) groups is 2. The van der Waals surface area contributed by atoms with Crippen molar-refractivity contribution in [2.24, 2.45) is 0 Å². The summed E-state index contributed by atoms with van der Waals surface area (Å²) >= 11 is 0. The first-order chi connectivity index (χ1) is 20.1. The molecule has 1 fully saturated rings. The lowest BCUT2D eigenvalue weighted by Gasteiger charge is -2.34. The third-order valence-electron chi connectivity index (χ3n) is 7.24. The van der Waals surface area contributed by atoms with Crippen LogP contribution in [0.15, 0.2) is 30.5 Å². The van der Waals surface area contributed by atoms with E-state index >= 15 is 0 Å². The van der Waals surface area contributed by atoms with E-state index < -0.39 is 17.7 Å². The van der Waals surface area contributed by atoms with Crippen LogP contribution in [0.25, 0.3) is 11.4 Å². The van der Waals surface area contributed by atoms with Gasteiger partial charge in [-0.2, -0.15) is 5.10 Å². The molecule has 1 aromatic carbocycles. The first kappa shape index (κ1) is 29.3. The van der Waals surface area contributed by atoms with Crippen molar-refractivity contribution in [2.45, 2.75) is 52.7 Å². The van der Waals surface area contributed by atoms with Gasteiger partial charge in [-0.1, -0.05) is 0 Å². The van der Waals surface area contributed by atoms with E-state index in [-0.39, 0.29) is 19.7 Å². The Morgan fingerprint density at radius 3 is 2.45 bits per heavy atom. The van der Waals surface area contributed by atoms with Gasteiger partial charge < -0.3 is 29.9 Å². The molecule has 1 aliphatic carbocycles. The summed E-state index contributed by atoms with van der Waals surface area (Å²) in [7, 11) is 2.15. The second-order valence-electron chi connectivity index (χ2n) is 11.6. The summed E-state index contributed by atoms with van der Waals surface area (Å²) in [5.74, 6) is 0.00703. The summed E-state index contributed by atoms with van der Waals surface area (Å²) in [4.78, 5) is 39.3. The van der Waals surface area contributed by atoms with Gasteiger partial charge in [-0.25, -0.2) is 19.6 Å². The van der Waals surface area contributed by atoms with E-state index in [1.54, 1.807) is 32.4 Å². The van der Waals surface area contributed by atoms with Crippen LogP contribution in [0.3, 0.4) is 0 Å². The number of rotatable bonds is 8. The maximum Gasteiger partial charge on any atom is 0.407 e. The summed E-state index contributed by atoms with van der Waals surface area (Å²) in [6.45, 7) is 12.1. The Labute approximate surface area is 246 Å². The van der Waals surface area contributed by atoms with Crippen molar-refractivity contribution in [1.29, 1.82) is 0 Å². The monoisotopic (exact) mass is 576 g/mol. The Balaban J connectivity index is 1.35. The number of alkyl carbamates (subject to hydrolysis) is 1. The summed E-state index contributed by atoms with van der Waals surface area (Å²) in [6, 6.07) is 8.30. The zero-order valence-electron chi connectivity index (χ0n) is 25.1. The molecule has 224 valence electrons. The maximum atomic E-state index is 13.0. The molecular weight excluding hydrogens is 536 g/mol. The van der Waals surface area contributed by atoms with Crippen LogP contribution in [0, 0.1) is 0 Å². The molecule has 42 heavy (non-hydrogen) atoms. The largest absolute Gasteiger partial charge is 0.461 e. The Morgan fingerprint density at radius 1 is 1.02 bits per heavy atom. The molecule has 0 atom stereocenters. The number of anilines is 3.